The zero-order valence-corrected chi connectivity index (χ0v) is 16.7. The summed E-state index contributed by atoms with van der Waals surface area (Å²) >= 11 is 0. The fourth-order valence-electron chi connectivity index (χ4n) is 3.10. The first-order valence-electron chi connectivity index (χ1n) is 9.77. The van der Waals surface area contributed by atoms with E-state index in [1.54, 1.807) is 6.20 Å². The van der Waals surface area contributed by atoms with Crippen LogP contribution in [-0.2, 0) is 6.54 Å². The average Bonchev–Trinajstić information content (AvgIpc) is 2.80. The van der Waals surface area contributed by atoms with E-state index in [1.807, 2.05) is 91.9 Å². The van der Waals surface area contributed by atoms with Crippen molar-refractivity contribution in [2.45, 2.75) is 13.5 Å². The van der Waals surface area contributed by atoms with E-state index in [0.717, 1.165) is 28.1 Å². The van der Waals surface area contributed by atoms with Gasteiger partial charge in [0.1, 0.15) is 0 Å². The van der Waals surface area contributed by atoms with Crippen molar-refractivity contribution in [2.24, 2.45) is 0 Å². The second kappa shape index (κ2) is 9.01. The number of para-hydroxylation sites is 1. The van der Waals surface area contributed by atoms with Crippen molar-refractivity contribution >= 4 is 17.5 Å². The number of nitrogens with zero attached hydrogens (tertiary/aromatic N) is 2. The molecular formula is C25H22N4O. The zero-order chi connectivity index (χ0) is 20.8. The van der Waals surface area contributed by atoms with Crippen LogP contribution in [-0.4, -0.2) is 15.9 Å². The molecule has 0 radical (unpaired) electrons. The van der Waals surface area contributed by atoms with Crippen LogP contribution < -0.4 is 10.6 Å². The summed E-state index contributed by atoms with van der Waals surface area (Å²) in [4.78, 5) is 21.5. The Morgan fingerprint density at radius 3 is 2.23 bits per heavy atom. The molecule has 4 aromatic rings. The van der Waals surface area contributed by atoms with Gasteiger partial charge in [0.2, 0.25) is 5.95 Å². The number of aryl methyl sites for hydroxylation is 1. The molecule has 3 aromatic carbocycles. The maximum Gasteiger partial charge on any atom is 0.251 e. The lowest BCUT2D eigenvalue weighted by Crippen LogP contribution is -2.22. The van der Waals surface area contributed by atoms with Crippen LogP contribution >= 0.6 is 0 Å². The van der Waals surface area contributed by atoms with Crippen molar-refractivity contribution in [1.29, 1.82) is 0 Å². The smallest absolute Gasteiger partial charge is 0.251 e. The number of anilines is 2. The zero-order valence-electron chi connectivity index (χ0n) is 16.7. The van der Waals surface area contributed by atoms with Crippen LogP contribution in [0.4, 0.5) is 11.6 Å². The fourth-order valence-corrected chi connectivity index (χ4v) is 3.10. The molecule has 1 amide bonds. The maximum absolute atomic E-state index is 12.4. The highest BCUT2D eigenvalue weighted by molar-refractivity contribution is 5.94. The molecule has 0 aliphatic rings. The Balaban J connectivity index is 1.48. The third kappa shape index (κ3) is 4.70. The highest BCUT2D eigenvalue weighted by Gasteiger charge is 2.10. The molecule has 2 N–H and O–H groups in total. The van der Waals surface area contributed by atoms with Gasteiger partial charge in [-0.25, -0.2) is 9.97 Å². The molecule has 0 aliphatic carbocycles. The van der Waals surface area contributed by atoms with Crippen molar-refractivity contribution in [3.8, 4) is 11.3 Å². The predicted octanol–water partition coefficient (Wildman–Crippen LogP) is 5.13. The molecule has 1 aromatic heterocycles. The van der Waals surface area contributed by atoms with Crippen LogP contribution in [0.3, 0.4) is 0 Å². The van der Waals surface area contributed by atoms with Gasteiger partial charge < -0.3 is 10.6 Å². The number of rotatable bonds is 6. The van der Waals surface area contributed by atoms with E-state index < -0.39 is 0 Å². The van der Waals surface area contributed by atoms with Crippen LogP contribution in [0.5, 0.6) is 0 Å². The molecule has 0 unspecified atom stereocenters. The van der Waals surface area contributed by atoms with Gasteiger partial charge in [-0.05, 0) is 42.3 Å². The molecule has 0 atom stereocenters. The van der Waals surface area contributed by atoms with E-state index >= 15 is 0 Å². The van der Waals surface area contributed by atoms with E-state index in [2.05, 4.69) is 20.6 Å². The van der Waals surface area contributed by atoms with Gasteiger partial charge in [0, 0.05) is 29.6 Å². The van der Waals surface area contributed by atoms with Gasteiger partial charge >= 0.3 is 0 Å². The molecule has 0 bridgehead atoms. The normalized spacial score (nSPS) is 10.4. The number of hydrogen-bond acceptors (Lipinski definition) is 4. The first kappa shape index (κ1) is 19.3. The minimum absolute atomic E-state index is 0.101. The largest absolute Gasteiger partial charge is 0.348 e. The Kier molecular flexibility index (Phi) is 5.80. The van der Waals surface area contributed by atoms with E-state index in [-0.39, 0.29) is 5.91 Å². The second-order valence-corrected chi connectivity index (χ2v) is 6.96. The van der Waals surface area contributed by atoms with Gasteiger partial charge in [-0.1, -0.05) is 60.7 Å². The lowest BCUT2D eigenvalue weighted by Gasteiger charge is -2.10. The molecule has 5 heteroatoms. The minimum atomic E-state index is -0.101. The number of benzene rings is 3. The molecule has 148 valence electrons. The molecule has 1 heterocycles. The Morgan fingerprint density at radius 1 is 0.867 bits per heavy atom. The summed E-state index contributed by atoms with van der Waals surface area (Å²) < 4.78 is 0. The number of amides is 1. The number of carbonyl (C=O) groups excluding carboxylic acids is 1. The Bertz CT molecular complexity index is 1130. The summed E-state index contributed by atoms with van der Waals surface area (Å²) in [6, 6.07) is 27.1. The van der Waals surface area contributed by atoms with Crippen molar-refractivity contribution < 1.29 is 4.79 Å². The topological polar surface area (TPSA) is 66.9 Å². The summed E-state index contributed by atoms with van der Waals surface area (Å²) in [7, 11) is 0. The van der Waals surface area contributed by atoms with Crippen molar-refractivity contribution in [2.75, 3.05) is 5.32 Å². The van der Waals surface area contributed by atoms with Gasteiger partial charge in [-0.15, -0.1) is 0 Å². The molecule has 5 nitrogen and oxygen atoms in total. The Hall–Kier alpha value is -3.99. The monoisotopic (exact) mass is 394 g/mol. The summed E-state index contributed by atoms with van der Waals surface area (Å²) in [6.07, 6.45) is 1.80. The second-order valence-electron chi connectivity index (χ2n) is 6.96. The van der Waals surface area contributed by atoms with E-state index in [0.29, 0.717) is 18.1 Å². The van der Waals surface area contributed by atoms with E-state index in [4.69, 9.17) is 0 Å². The van der Waals surface area contributed by atoms with Crippen LogP contribution in [0, 0.1) is 6.92 Å². The molecule has 4 rings (SSSR count). The SMILES string of the molecule is Cc1cnc(Nc2ccccc2)nc1-c1ccc(C(=O)NCc2ccccc2)cc1. The Morgan fingerprint density at radius 2 is 1.53 bits per heavy atom. The molecule has 0 saturated carbocycles. The van der Waals surface area contributed by atoms with Crippen LogP contribution in [0.25, 0.3) is 11.3 Å². The number of nitrogens with one attached hydrogen (secondary N) is 2. The molecule has 0 aliphatic heterocycles. The van der Waals surface area contributed by atoms with Crippen molar-refractivity contribution in [3.63, 3.8) is 0 Å². The summed E-state index contributed by atoms with van der Waals surface area (Å²) in [5.74, 6) is 0.433. The van der Waals surface area contributed by atoms with Crippen LogP contribution in [0.1, 0.15) is 21.5 Å². The van der Waals surface area contributed by atoms with E-state index in [9.17, 15) is 4.79 Å². The van der Waals surface area contributed by atoms with Crippen LogP contribution in [0.2, 0.25) is 0 Å². The number of hydrogen-bond donors (Lipinski definition) is 2. The molecule has 0 saturated heterocycles. The van der Waals surface area contributed by atoms with Crippen LogP contribution in [0.15, 0.2) is 91.1 Å². The van der Waals surface area contributed by atoms with Crippen molar-refractivity contribution in [1.82, 2.24) is 15.3 Å². The molecule has 0 spiro atoms. The maximum atomic E-state index is 12.4. The highest BCUT2D eigenvalue weighted by atomic mass is 16.1. The molecular weight excluding hydrogens is 372 g/mol. The van der Waals surface area contributed by atoms with Gasteiger partial charge in [-0.3, -0.25) is 4.79 Å². The minimum Gasteiger partial charge on any atom is -0.348 e. The van der Waals surface area contributed by atoms with Gasteiger partial charge in [0.15, 0.2) is 0 Å². The van der Waals surface area contributed by atoms with Gasteiger partial charge in [-0.2, -0.15) is 0 Å². The quantitative estimate of drug-likeness (QED) is 0.476. The first-order chi connectivity index (χ1) is 14.7. The van der Waals surface area contributed by atoms with E-state index in [1.165, 1.54) is 0 Å². The summed E-state index contributed by atoms with van der Waals surface area (Å²) in [6.45, 7) is 2.48. The standard InChI is InChI=1S/C25H22N4O/c1-18-16-27-25(28-22-10-6-3-7-11-22)29-23(18)20-12-14-21(15-13-20)24(30)26-17-19-8-4-2-5-9-19/h2-16H,17H2,1H3,(H,26,30)(H,27,28,29). The summed E-state index contributed by atoms with van der Waals surface area (Å²) in [5.41, 5.74) is 5.35. The molecule has 30 heavy (non-hydrogen) atoms. The third-order valence-electron chi connectivity index (χ3n) is 4.72. The van der Waals surface area contributed by atoms with Crippen molar-refractivity contribution in [3.05, 3.63) is 108 Å². The summed E-state index contributed by atoms with van der Waals surface area (Å²) in [5, 5.41) is 6.16. The lowest BCUT2D eigenvalue weighted by molar-refractivity contribution is 0.0951. The predicted molar refractivity (Wildman–Crippen MR) is 120 cm³/mol. The number of carbonyl (C=O) groups is 1. The highest BCUT2D eigenvalue weighted by Crippen LogP contribution is 2.23. The Labute approximate surface area is 175 Å². The molecule has 0 fully saturated rings. The van der Waals surface area contributed by atoms with Gasteiger partial charge in [0.25, 0.3) is 5.91 Å². The average molecular weight is 394 g/mol. The number of aromatic nitrogens is 2. The van der Waals surface area contributed by atoms with Gasteiger partial charge in [0.05, 0.1) is 5.69 Å². The fraction of sp³-hybridized carbons (Fsp3) is 0.0800. The lowest BCUT2D eigenvalue weighted by atomic mass is 10.1. The third-order valence-corrected chi connectivity index (χ3v) is 4.72. The first-order valence-corrected chi connectivity index (χ1v) is 9.77.